The highest BCUT2D eigenvalue weighted by Gasteiger charge is 2.22. The second-order valence-electron chi connectivity index (χ2n) is 7.32. The van der Waals surface area contributed by atoms with Crippen LogP contribution in [0, 0.1) is 0 Å². The minimum Gasteiger partial charge on any atom is -0.488 e. The van der Waals surface area contributed by atoms with Gasteiger partial charge in [0.05, 0.1) is 17.7 Å². The lowest BCUT2D eigenvalue weighted by atomic mass is 10.1. The Morgan fingerprint density at radius 2 is 1.90 bits per heavy atom. The van der Waals surface area contributed by atoms with Gasteiger partial charge in [-0.2, -0.15) is 0 Å². The molecule has 3 heterocycles. The van der Waals surface area contributed by atoms with Crippen LogP contribution in [0.2, 0.25) is 0 Å². The Hall–Kier alpha value is -3.35. The smallest absolute Gasteiger partial charge is 0.261 e. The number of nitrogens with one attached hydrogen (secondary N) is 1. The number of rotatable bonds is 7. The van der Waals surface area contributed by atoms with Crippen LogP contribution in [0.25, 0.3) is 10.4 Å². The van der Waals surface area contributed by atoms with E-state index in [1.165, 1.54) is 11.3 Å². The van der Waals surface area contributed by atoms with Crippen LogP contribution in [-0.2, 0) is 31.1 Å². The maximum absolute atomic E-state index is 12.8. The normalized spacial score (nSPS) is 12.0. The van der Waals surface area contributed by atoms with Crippen molar-refractivity contribution < 1.29 is 18.7 Å². The molecule has 1 aliphatic rings. The Kier molecular flexibility index (Phi) is 5.56. The largest absolute Gasteiger partial charge is 0.488 e. The van der Waals surface area contributed by atoms with Crippen LogP contribution in [0.4, 0.5) is 0 Å². The van der Waals surface area contributed by atoms with Gasteiger partial charge in [0.1, 0.15) is 24.7 Å². The van der Waals surface area contributed by atoms with Crippen molar-refractivity contribution in [3.63, 3.8) is 0 Å². The molecule has 0 aliphatic carbocycles. The summed E-state index contributed by atoms with van der Waals surface area (Å²) in [5, 5.41) is 3.03. The van der Waals surface area contributed by atoms with E-state index < -0.39 is 0 Å². The van der Waals surface area contributed by atoms with Crippen molar-refractivity contribution in [2.24, 2.45) is 0 Å². The molecule has 156 valence electrons. The molecule has 5 nitrogen and oxygen atoms in total. The number of para-hydroxylation sites is 1. The summed E-state index contributed by atoms with van der Waals surface area (Å²) in [7, 11) is 0. The third-order valence-corrected chi connectivity index (χ3v) is 6.29. The third-order valence-electron chi connectivity index (χ3n) is 5.09. The summed E-state index contributed by atoms with van der Waals surface area (Å²) in [5.74, 6) is 1.60. The van der Waals surface area contributed by atoms with Gasteiger partial charge in [-0.1, -0.05) is 36.4 Å². The number of hydrogen-bond acceptors (Lipinski definition) is 5. The number of thiophene rings is 1. The van der Waals surface area contributed by atoms with Crippen LogP contribution >= 0.6 is 11.3 Å². The average molecular weight is 432 g/mol. The fourth-order valence-corrected chi connectivity index (χ4v) is 4.69. The van der Waals surface area contributed by atoms with E-state index in [4.69, 9.17) is 13.9 Å². The van der Waals surface area contributed by atoms with Crippen molar-refractivity contribution >= 4 is 17.2 Å². The van der Waals surface area contributed by atoms with Crippen molar-refractivity contribution in [1.29, 1.82) is 0 Å². The van der Waals surface area contributed by atoms with Crippen LogP contribution in [0.3, 0.4) is 0 Å². The minimum atomic E-state index is -0.0728. The zero-order valence-corrected chi connectivity index (χ0v) is 17.6. The second kappa shape index (κ2) is 8.79. The molecule has 0 radical (unpaired) electrons. The quantitative estimate of drug-likeness (QED) is 0.417. The van der Waals surface area contributed by atoms with Crippen LogP contribution < -0.4 is 10.1 Å². The summed E-state index contributed by atoms with van der Waals surface area (Å²) in [6.07, 6.45) is 1.64. The predicted octanol–water partition coefficient (Wildman–Crippen LogP) is 5.55. The highest BCUT2D eigenvalue weighted by Crippen LogP contribution is 2.42. The summed E-state index contributed by atoms with van der Waals surface area (Å²) >= 11 is 1.51. The highest BCUT2D eigenvalue weighted by molar-refractivity contribution is 7.17. The monoisotopic (exact) mass is 431 g/mol. The molecule has 31 heavy (non-hydrogen) atoms. The van der Waals surface area contributed by atoms with Gasteiger partial charge in [0.15, 0.2) is 0 Å². The van der Waals surface area contributed by atoms with Gasteiger partial charge >= 0.3 is 0 Å². The summed E-state index contributed by atoms with van der Waals surface area (Å²) in [4.78, 5) is 14.6. The predicted molar refractivity (Wildman–Crippen MR) is 119 cm³/mol. The van der Waals surface area contributed by atoms with Gasteiger partial charge in [-0.05, 0) is 41.5 Å². The summed E-state index contributed by atoms with van der Waals surface area (Å²) < 4.78 is 16.8. The Balaban J connectivity index is 1.20. The number of carbonyl (C=O) groups excluding carboxylic acids is 1. The van der Waals surface area contributed by atoms with Crippen LogP contribution in [-0.4, -0.2) is 5.91 Å². The highest BCUT2D eigenvalue weighted by atomic mass is 32.1. The van der Waals surface area contributed by atoms with Gasteiger partial charge in [0.2, 0.25) is 0 Å². The fourth-order valence-electron chi connectivity index (χ4n) is 3.57. The van der Waals surface area contributed by atoms with Crippen molar-refractivity contribution in [3.8, 4) is 16.2 Å². The Morgan fingerprint density at radius 3 is 2.81 bits per heavy atom. The molecule has 0 bridgehead atoms. The number of ether oxygens (including phenoxy) is 2. The van der Waals surface area contributed by atoms with Crippen LogP contribution in [0.1, 0.15) is 32.1 Å². The molecule has 1 N–H and O–H groups in total. The molecule has 1 aliphatic heterocycles. The van der Waals surface area contributed by atoms with E-state index in [1.54, 1.807) is 6.26 Å². The van der Waals surface area contributed by atoms with Crippen LogP contribution in [0.5, 0.6) is 5.75 Å². The van der Waals surface area contributed by atoms with Gasteiger partial charge in [0.25, 0.3) is 5.91 Å². The van der Waals surface area contributed by atoms with E-state index in [9.17, 15) is 4.79 Å². The number of amides is 1. The van der Waals surface area contributed by atoms with Crippen molar-refractivity contribution in [1.82, 2.24) is 5.32 Å². The zero-order chi connectivity index (χ0) is 21.0. The van der Waals surface area contributed by atoms with E-state index >= 15 is 0 Å². The molecule has 4 aromatic rings. The molecule has 0 unspecified atom stereocenters. The molecular weight excluding hydrogens is 410 g/mol. The van der Waals surface area contributed by atoms with Crippen molar-refractivity contribution in [3.05, 3.63) is 100 Å². The van der Waals surface area contributed by atoms with Gasteiger partial charge in [0, 0.05) is 22.5 Å². The maximum Gasteiger partial charge on any atom is 0.261 e. The first-order chi connectivity index (χ1) is 15.3. The van der Waals surface area contributed by atoms with Gasteiger partial charge in [-0.15, -0.1) is 11.3 Å². The molecule has 0 saturated heterocycles. The van der Waals surface area contributed by atoms with E-state index in [-0.39, 0.29) is 5.91 Å². The van der Waals surface area contributed by atoms with Crippen molar-refractivity contribution in [2.75, 3.05) is 0 Å². The first kappa shape index (κ1) is 19.6. The molecule has 2 aromatic heterocycles. The fraction of sp³-hybridized carbons (Fsp3) is 0.160. The van der Waals surface area contributed by atoms with Gasteiger partial charge in [-0.3, -0.25) is 4.79 Å². The summed E-state index contributed by atoms with van der Waals surface area (Å²) in [6.45, 7) is 1.88. The number of furan rings is 1. The lowest BCUT2D eigenvalue weighted by Crippen LogP contribution is -2.21. The third kappa shape index (κ3) is 4.40. The number of fused-ring (bicyclic) bond motifs is 3. The molecule has 0 atom stereocenters. The Labute approximate surface area is 184 Å². The first-order valence-corrected chi connectivity index (χ1v) is 10.9. The standard InChI is InChI=1S/C25H21NO4S/c27-25(23-12-19-15-30-22-9-2-1-8-21(22)24(19)31-23)26-13-17-5-3-6-18(11-17)14-28-16-20-7-4-10-29-20/h1-12H,13-16H2,(H,26,27). The number of hydrogen-bond donors (Lipinski definition) is 1. The molecule has 0 fully saturated rings. The van der Waals surface area contributed by atoms with Crippen molar-refractivity contribution in [2.45, 2.75) is 26.4 Å². The molecule has 6 heteroatoms. The number of carbonyl (C=O) groups is 1. The summed E-state index contributed by atoms with van der Waals surface area (Å²) in [6, 6.07) is 21.6. The van der Waals surface area contributed by atoms with Crippen LogP contribution in [0.15, 0.2) is 77.4 Å². The Morgan fingerprint density at radius 1 is 1.00 bits per heavy atom. The minimum absolute atomic E-state index is 0.0728. The van der Waals surface area contributed by atoms with E-state index in [2.05, 4.69) is 5.32 Å². The lowest BCUT2D eigenvalue weighted by Gasteiger charge is -2.16. The Bertz CT molecular complexity index is 1200. The van der Waals surface area contributed by atoms with E-state index in [0.29, 0.717) is 31.2 Å². The average Bonchev–Trinajstić information content (AvgIpc) is 3.48. The number of benzene rings is 2. The maximum atomic E-state index is 12.8. The summed E-state index contributed by atoms with van der Waals surface area (Å²) in [5.41, 5.74) is 4.20. The molecule has 2 aromatic carbocycles. The molecule has 0 saturated carbocycles. The topological polar surface area (TPSA) is 60.7 Å². The molecule has 1 amide bonds. The second-order valence-corrected chi connectivity index (χ2v) is 8.38. The lowest BCUT2D eigenvalue weighted by molar-refractivity contribution is 0.0928. The molecule has 5 rings (SSSR count). The van der Waals surface area contributed by atoms with Gasteiger partial charge in [-0.25, -0.2) is 0 Å². The first-order valence-electron chi connectivity index (χ1n) is 10.1. The van der Waals surface area contributed by atoms with E-state index in [1.807, 2.05) is 66.7 Å². The van der Waals surface area contributed by atoms with Gasteiger partial charge < -0.3 is 19.2 Å². The molecule has 0 spiro atoms. The van der Waals surface area contributed by atoms with E-state index in [0.717, 1.165) is 38.6 Å². The SMILES string of the molecule is O=C(NCc1cccc(COCc2ccco2)c1)c1cc2c(s1)-c1ccccc1OC2. The molecular formula is C25H21NO4S. The zero-order valence-electron chi connectivity index (χ0n) is 16.8.